The number of carbonyl (C=O) groups is 2. The topological polar surface area (TPSA) is 86.8 Å². The summed E-state index contributed by atoms with van der Waals surface area (Å²) in [5, 5.41) is 2.88. The molecule has 0 aliphatic heterocycles. The molecule has 8 heteroatoms. The number of rotatable bonds is 12. The van der Waals surface area contributed by atoms with Gasteiger partial charge in [-0.2, -0.15) is 0 Å². The molecule has 0 heterocycles. The van der Waals surface area contributed by atoms with Gasteiger partial charge in [0.1, 0.15) is 6.04 Å². The number of hydrogen-bond donors (Lipinski definition) is 1. The van der Waals surface area contributed by atoms with E-state index < -0.39 is 16.1 Å². The molecule has 1 N–H and O–H groups in total. The molecule has 0 fully saturated rings. The molecule has 192 valence electrons. The molecular weight excluding hydrogens is 462 g/mol. The number of hydrogen-bond acceptors (Lipinski definition) is 4. The molecule has 2 amide bonds. The van der Waals surface area contributed by atoms with Gasteiger partial charge in [0.2, 0.25) is 21.8 Å². The summed E-state index contributed by atoms with van der Waals surface area (Å²) < 4.78 is 26.5. The van der Waals surface area contributed by atoms with Crippen molar-refractivity contribution in [2.45, 2.75) is 66.0 Å². The minimum Gasteiger partial charge on any atom is -0.352 e. The number of aryl methyl sites for hydroxylation is 1. The Morgan fingerprint density at radius 2 is 1.60 bits per heavy atom. The highest BCUT2D eigenvalue weighted by Crippen LogP contribution is 2.25. The number of nitrogens with one attached hydrogen (secondary N) is 1. The van der Waals surface area contributed by atoms with E-state index in [0.29, 0.717) is 25.1 Å². The van der Waals surface area contributed by atoms with Gasteiger partial charge in [0.25, 0.3) is 0 Å². The van der Waals surface area contributed by atoms with E-state index in [0.717, 1.165) is 16.7 Å². The Morgan fingerprint density at radius 3 is 2.20 bits per heavy atom. The molecule has 0 bridgehead atoms. The second kappa shape index (κ2) is 12.7. The lowest BCUT2D eigenvalue weighted by atomic mass is 10.1. The lowest BCUT2D eigenvalue weighted by Crippen LogP contribution is -2.50. The molecule has 7 nitrogen and oxygen atoms in total. The van der Waals surface area contributed by atoms with Gasteiger partial charge in [-0.1, -0.05) is 42.5 Å². The van der Waals surface area contributed by atoms with E-state index in [1.54, 1.807) is 17.9 Å². The maximum atomic E-state index is 13.3. The SMILES string of the molecule is Cc1cccc(N(CCCC(=O)N(CCc2ccccc2)[C@H](C)C(=O)NC(C)C)S(C)(=O)=O)c1C. The molecule has 2 rings (SSSR count). The molecule has 0 radical (unpaired) electrons. The van der Waals surface area contributed by atoms with Gasteiger partial charge in [-0.05, 0) is 70.2 Å². The van der Waals surface area contributed by atoms with E-state index in [-0.39, 0.29) is 30.8 Å². The summed E-state index contributed by atoms with van der Waals surface area (Å²) in [5.74, 6) is -0.365. The van der Waals surface area contributed by atoms with E-state index in [9.17, 15) is 18.0 Å². The monoisotopic (exact) mass is 501 g/mol. The quantitative estimate of drug-likeness (QED) is 0.479. The average Bonchev–Trinajstić information content (AvgIpc) is 2.78. The molecule has 2 aromatic carbocycles. The number of anilines is 1. The molecular formula is C27H39N3O4S. The van der Waals surface area contributed by atoms with Crippen LogP contribution in [-0.4, -0.2) is 56.6 Å². The predicted molar refractivity (Wildman–Crippen MR) is 142 cm³/mol. The van der Waals surface area contributed by atoms with Gasteiger partial charge in [-0.3, -0.25) is 13.9 Å². The summed E-state index contributed by atoms with van der Waals surface area (Å²) in [4.78, 5) is 27.6. The van der Waals surface area contributed by atoms with Crippen LogP contribution in [0.5, 0.6) is 0 Å². The van der Waals surface area contributed by atoms with Crippen molar-refractivity contribution < 1.29 is 18.0 Å². The highest BCUT2D eigenvalue weighted by atomic mass is 32.2. The van der Waals surface area contributed by atoms with Crippen LogP contribution in [0.1, 0.15) is 50.3 Å². The number of nitrogens with zero attached hydrogens (tertiary/aromatic N) is 2. The van der Waals surface area contributed by atoms with Crippen molar-refractivity contribution in [1.29, 1.82) is 0 Å². The number of amides is 2. The zero-order chi connectivity index (χ0) is 26.2. The van der Waals surface area contributed by atoms with Crippen LogP contribution in [0.15, 0.2) is 48.5 Å². The van der Waals surface area contributed by atoms with Crippen molar-refractivity contribution in [3.63, 3.8) is 0 Å². The first-order valence-corrected chi connectivity index (χ1v) is 13.9. The van der Waals surface area contributed by atoms with Gasteiger partial charge in [0.05, 0.1) is 11.9 Å². The lowest BCUT2D eigenvalue weighted by Gasteiger charge is -2.30. The first-order valence-electron chi connectivity index (χ1n) is 12.1. The minimum absolute atomic E-state index is 0.0306. The summed E-state index contributed by atoms with van der Waals surface area (Å²) in [7, 11) is -3.52. The maximum Gasteiger partial charge on any atom is 0.242 e. The number of benzene rings is 2. The molecule has 35 heavy (non-hydrogen) atoms. The standard InChI is InChI=1S/C27H39N3O4S/c1-20(2)28-27(32)23(5)29(19-17-24-13-8-7-9-14-24)26(31)16-11-18-30(35(6,33)34)25-15-10-12-21(3)22(25)4/h7-10,12-15,20,23H,11,16-19H2,1-6H3,(H,28,32)/t23-/m1/s1. The summed E-state index contributed by atoms with van der Waals surface area (Å²) in [5.41, 5.74) is 3.61. The third kappa shape index (κ3) is 8.38. The maximum absolute atomic E-state index is 13.3. The van der Waals surface area contributed by atoms with Gasteiger partial charge in [0.15, 0.2) is 0 Å². The van der Waals surface area contributed by atoms with Crippen molar-refractivity contribution in [2.75, 3.05) is 23.7 Å². The smallest absolute Gasteiger partial charge is 0.242 e. The third-order valence-electron chi connectivity index (χ3n) is 6.08. The van der Waals surface area contributed by atoms with E-state index in [1.165, 1.54) is 10.6 Å². The van der Waals surface area contributed by atoms with Crippen LogP contribution in [0.25, 0.3) is 0 Å². The Bertz CT molecular complexity index is 1100. The van der Waals surface area contributed by atoms with E-state index in [1.807, 2.05) is 70.2 Å². The summed E-state index contributed by atoms with van der Waals surface area (Å²) in [6, 6.07) is 14.7. The second-order valence-corrected chi connectivity index (χ2v) is 11.2. The van der Waals surface area contributed by atoms with Gasteiger partial charge in [-0.25, -0.2) is 8.42 Å². The van der Waals surface area contributed by atoms with Crippen LogP contribution in [0.3, 0.4) is 0 Å². The predicted octanol–water partition coefficient (Wildman–Crippen LogP) is 3.83. The van der Waals surface area contributed by atoms with Crippen molar-refractivity contribution in [2.24, 2.45) is 0 Å². The average molecular weight is 502 g/mol. The van der Waals surface area contributed by atoms with Crippen LogP contribution in [-0.2, 0) is 26.0 Å². The minimum atomic E-state index is -3.52. The summed E-state index contributed by atoms with van der Waals surface area (Å²) in [6.45, 7) is 9.93. The zero-order valence-corrected chi connectivity index (χ0v) is 22.6. The number of carbonyl (C=O) groups excluding carboxylic acids is 2. The molecule has 0 aliphatic carbocycles. The third-order valence-corrected chi connectivity index (χ3v) is 7.26. The fraction of sp³-hybridized carbons (Fsp3) is 0.481. The summed E-state index contributed by atoms with van der Waals surface area (Å²) in [6.07, 6.45) is 2.30. The molecule has 0 aromatic heterocycles. The molecule has 0 aliphatic rings. The molecule has 0 unspecified atom stereocenters. The highest BCUT2D eigenvalue weighted by Gasteiger charge is 2.27. The largest absolute Gasteiger partial charge is 0.352 e. The first-order chi connectivity index (χ1) is 16.4. The summed E-state index contributed by atoms with van der Waals surface area (Å²) >= 11 is 0. The van der Waals surface area contributed by atoms with Crippen LogP contribution in [0.2, 0.25) is 0 Å². The van der Waals surface area contributed by atoms with Crippen molar-refractivity contribution in [3.8, 4) is 0 Å². The first kappa shape index (κ1) is 28.4. The number of sulfonamides is 1. The Morgan fingerprint density at radius 1 is 0.943 bits per heavy atom. The normalized spacial score (nSPS) is 12.3. The molecule has 2 aromatic rings. The fourth-order valence-corrected chi connectivity index (χ4v) is 4.98. The Balaban J connectivity index is 2.14. The molecule has 0 spiro atoms. The van der Waals surface area contributed by atoms with Gasteiger partial charge in [0, 0.05) is 25.6 Å². The fourth-order valence-electron chi connectivity index (χ4n) is 3.96. The highest BCUT2D eigenvalue weighted by molar-refractivity contribution is 7.92. The Kier molecular flexibility index (Phi) is 10.3. The second-order valence-electron chi connectivity index (χ2n) is 9.32. The van der Waals surface area contributed by atoms with Gasteiger partial charge >= 0.3 is 0 Å². The van der Waals surface area contributed by atoms with Crippen LogP contribution >= 0.6 is 0 Å². The van der Waals surface area contributed by atoms with E-state index >= 15 is 0 Å². The van der Waals surface area contributed by atoms with Crippen LogP contribution < -0.4 is 9.62 Å². The Hall–Kier alpha value is -2.87. The van der Waals surface area contributed by atoms with Gasteiger partial charge < -0.3 is 10.2 Å². The van der Waals surface area contributed by atoms with Crippen molar-refractivity contribution in [1.82, 2.24) is 10.2 Å². The molecule has 0 saturated carbocycles. The lowest BCUT2D eigenvalue weighted by molar-refractivity contribution is -0.140. The zero-order valence-electron chi connectivity index (χ0n) is 21.7. The Labute approximate surface area is 210 Å². The van der Waals surface area contributed by atoms with E-state index in [4.69, 9.17) is 0 Å². The molecule has 0 saturated heterocycles. The molecule has 1 atom stereocenters. The van der Waals surface area contributed by atoms with Crippen LogP contribution in [0.4, 0.5) is 5.69 Å². The van der Waals surface area contributed by atoms with E-state index in [2.05, 4.69) is 5.32 Å². The van der Waals surface area contributed by atoms with Gasteiger partial charge in [-0.15, -0.1) is 0 Å². The van der Waals surface area contributed by atoms with Crippen molar-refractivity contribution in [3.05, 3.63) is 65.2 Å². The van der Waals surface area contributed by atoms with Crippen LogP contribution in [0, 0.1) is 13.8 Å². The van der Waals surface area contributed by atoms with Crippen molar-refractivity contribution >= 4 is 27.5 Å².